The molecule has 1 N–H and O–H groups in total. The molecule has 0 atom stereocenters. The Morgan fingerprint density at radius 3 is 2.56 bits per heavy atom. The van der Waals surface area contributed by atoms with Gasteiger partial charge in [0, 0.05) is 6.54 Å². The standard InChI is InChI=1S/C13H27NO2/c1-12(2)16-10-9-15-8-7-14-11-13-5-3-4-6-13/h12-14H,3-11H2,1-2H3. The Bertz CT molecular complexity index is 156. The molecule has 0 bridgehead atoms. The van der Waals surface area contributed by atoms with Gasteiger partial charge in [-0.3, -0.25) is 0 Å². The van der Waals surface area contributed by atoms with Crippen molar-refractivity contribution in [2.24, 2.45) is 5.92 Å². The molecule has 0 aliphatic heterocycles. The molecule has 0 aromatic rings. The Labute approximate surface area is 99.9 Å². The Morgan fingerprint density at radius 2 is 1.88 bits per heavy atom. The number of hydrogen-bond acceptors (Lipinski definition) is 3. The van der Waals surface area contributed by atoms with Crippen LogP contribution in [0, 0.1) is 5.92 Å². The molecule has 0 saturated heterocycles. The second-order valence-electron chi connectivity index (χ2n) is 4.89. The average molecular weight is 229 g/mol. The molecule has 1 rings (SSSR count). The van der Waals surface area contributed by atoms with Gasteiger partial charge in [-0.1, -0.05) is 12.8 Å². The average Bonchev–Trinajstić information content (AvgIpc) is 2.74. The third-order valence-electron chi connectivity index (χ3n) is 3.01. The molecule has 0 radical (unpaired) electrons. The highest BCUT2D eigenvalue weighted by Gasteiger charge is 2.13. The normalized spacial score (nSPS) is 17.4. The molecule has 3 heteroatoms. The molecule has 0 amide bonds. The molecule has 1 aliphatic rings. The van der Waals surface area contributed by atoms with E-state index < -0.39 is 0 Å². The van der Waals surface area contributed by atoms with Gasteiger partial charge in [0.25, 0.3) is 0 Å². The van der Waals surface area contributed by atoms with Crippen LogP contribution >= 0.6 is 0 Å². The summed E-state index contributed by atoms with van der Waals surface area (Å²) in [5, 5.41) is 3.46. The summed E-state index contributed by atoms with van der Waals surface area (Å²) in [4.78, 5) is 0. The summed E-state index contributed by atoms with van der Waals surface area (Å²) in [5.41, 5.74) is 0. The Kier molecular flexibility index (Phi) is 7.81. The molecule has 0 aromatic heterocycles. The van der Waals surface area contributed by atoms with Crippen LogP contribution < -0.4 is 5.32 Å². The fourth-order valence-corrected chi connectivity index (χ4v) is 2.11. The second-order valence-corrected chi connectivity index (χ2v) is 4.89. The van der Waals surface area contributed by atoms with Crippen molar-refractivity contribution in [3.63, 3.8) is 0 Å². The van der Waals surface area contributed by atoms with E-state index in [1.807, 2.05) is 13.8 Å². The molecule has 0 aromatic carbocycles. The predicted molar refractivity (Wildman–Crippen MR) is 66.7 cm³/mol. The Morgan fingerprint density at radius 1 is 1.12 bits per heavy atom. The molecular formula is C13H27NO2. The second kappa shape index (κ2) is 8.97. The van der Waals surface area contributed by atoms with E-state index in [1.165, 1.54) is 32.2 Å². The molecule has 0 spiro atoms. The lowest BCUT2D eigenvalue weighted by Crippen LogP contribution is -2.25. The van der Waals surface area contributed by atoms with Crippen LogP contribution in [0.5, 0.6) is 0 Å². The van der Waals surface area contributed by atoms with E-state index in [0.29, 0.717) is 19.3 Å². The van der Waals surface area contributed by atoms with Gasteiger partial charge in [0.2, 0.25) is 0 Å². The van der Waals surface area contributed by atoms with Gasteiger partial charge in [-0.2, -0.15) is 0 Å². The highest BCUT2D eigenvalue weighted by molar-refractivity contribution is 4.69. The van der Waals surface area contributed by atoms with Crippen molar-refractivity contribution in [3.05, 3.63) is 0 Å². The summed E-state index contributed by atoms with van der Waals surface area (Å²) < 4.78 is 10.8. The monoisotopic (exact) mass is 229 g/mol. The first-order chi connectivity index (χ1) is 7.79. The maximum absolute atomic E-state index is 5.46. The van der Waals surface area contributed by atoms with Crippen molar-refractivity contribution in [2.45, 2.75) is 45.6 Å². The fourth-order valence-electron chi connectivity index (χ4n) is 2.11. The van der Waals surface area contributed by atoms with E-state index in [4.69, 9.17) is 9.47 Å². The van der Waals surface area contributed by atoms with Gasteiger partial charge >= 0.3 is 0 Å². The van der Waals surface area contributed by atoms with Gasteiger partial charge < -0.3 is 14.8 Å². The highest BCUT2D eigenvalue weighted by atomic mass is 16.5. The number of ether oxygens (including phenoxy) is 2. The van der Waals surface area contributed by atoms with E-state index >= 15 is 0 Å². The van der Waals surface area contributed by atoms with E-state index in [-0.39, 0.29) is 0 Å². The zero-order valence-corrected chi connectivity index (χ0v) is 10.8. The van der Waals surface area contributed by atoms with Crippen molar-refractivity contribution >= 4 is 0 Å². The Hall–Kier alpha value is -0.120. The fraction of sp³-hybridized carbons (Fsp3) is 1.00. The van der Waals surface area contributed by atoms with Gasteiger partial charge in [-0.05, 0) is 39.2 Å². The summed E-state index contributed by atoms with van der Waals surface area (Å²) in [7, 11) is 0. The molecule has 0 unspecified atom stereocenters. The molecule has 3 nitrogen and oxygen atoms in total. The maximum atomic E-state index is 5.46. The summed E-state index contributed by atoms with van der Waals surface area (Å²) in [6.45, 7) is 8.45. The zero-order chi connectivity index (χ0) is 11.6. The third kappa shape index (κ3) is 7.20. The van der Waals surface area contributed by atoms with E-state index in [9.17, 15) is 0 Å². The third-order valence-corrected chi connectivity index (χ3v) is 3.01. The van der Waals surface area contributed by atoms with Crippen LogP contribution in [0.15, 0.2) is 0 Å². The minimum atomic E-state index is 0.309. The number of rotatable bonds is 9. The minimum Gasteiger partial charge on any atom is -0.378 e. The Balaban J connectivity index is 1.74. The van der Waals surface area contributed by atoms with E-state index in [1.54, 1.807) is 0 Å². The summed E-state index contributed by atoms with van der Waals surface area (Å²) in [6, 6.07) is 0. The van der Waals surface area contributed by atoms with Gasteiger partial charge in [0.05, 0.1) is 25.9 Å². The van der Waals surface area contributed by atoms with Crippen molar-refractivity contribution in [1.29, 1.82) is 0 Å². The molecule has 1 fully saturated rings. The van der Waals surface area contributed by atoms with Crippen LogP contribution in [0.4, 0.5) is 0 Å². The van der Waals surface area contributed by atoms with E-state index in [2.05, 4.69) is 5.32 Å². The summed E-state index contributed by atoms with van der Waals surface area (Å²) in [5.74, 6) is 0.921. The predicted octanol–water partition coefficient (Wildman–Crippen LogP) is 2.21. The van der Waals surface area contributed by atoms with Crippen LogP contribution in [0.1, 0.15) is 39.5 Å². The highest BCUT2D eigenvalue weighted by Crippen LogP contribution is 2.23. The van der Waals surface area contributed by atoms with Gasteiger partial charge in [-0.15, -0.1) is 0 Å². The molecule has 1 saturated carbocycles. The van der Waals surface area contributed by atoms with Crippen molar-refractivity contribution < 1.29 is 9.47 Å². The lowest BCUT2D eigenvalue weighted by atomic mass is 10.1. The smallest absolute Gasteiger partial charge is 0.0703 e. The first-order valence-corrected chi connectivity index (χ1v) is 6.69. The van der Waals surface area contributed by atoms with Crippen LogP contribution in [0.3, 0.4) is 0 Å². The molecular weight excluding hydrogens is 202 g/mol. The zero-order valence-electron chi connectivity index (χ0n) is 10.8. The largest absolute Gasteiger partial charge is 0.378 e. The number of nitrogens with one attached hydrogen (secondary N) is 1. The summed E-state index contributed by atoms with van der Waals surface area (Å²) in [6.07, 6.45) is 5.99. The minimum absolute atomic E-state index is 0.309. The maximum Gasteiger partial charge on any atom is 0.0703 e. The van der Waals surface area contributed by atoms with Crippen LogP contribution in [0.2, 0.25) is 0 Å². The van der Waals surface area contributed by atoms with Gasteiger partial charge in [0.1, 0.15) is 0 Å². The first kappa shape index (κ1) is 13.9. The quantitative estimate of drug-likeness (QED) is 0.615. The molecule has 1 aliphatic carbocycles. The number of hydrogen-bond donors (Lipinski definition) is 1. The van der Waals surface area contributed by atoms with E-state index in [0.717, 1.165) is 19.1 Å². The lowest BCUT2D eigenvalue weighted by Gasteiger charge is -2.11. The molecule has 16 heavy (non-hydrogen) atoms. The molecule has 0 heterocycles. The summed E-state index contributed by atoms with van der Waals surface area (Å²) >= 11 is 0. The first-order valence-electron chi connectivity index (χ1n) is 6.69. The van der Waals surface area contributed by atoms with Gasteiger partial charge in [0.15, 0.2) is 0 Å². The van der Waals surface area contributed by atoms with Crippen molar-refractivity contribution in [1.82, 2.24) is 5.32 Å². The van der Waals surface area contributed by atoms with Crippen LogP contribution in [-0.2, 0) is 9.47 Å². The SMILES string of the molecule is CC(C)OCCOCCNCC1CCCC1. The van der Waals surface area contributed by atoms with Crippen molar-refractivity contribution in [2.75, 3.05) is 32.9 Å². The van der Waals surface area contributed by atoms with Crippen LogP contribution in [-0.4, -0.2) is 39.0 Å². The van der Waals surface area contributed by atoms with Crippen LogP contribution in [0.25, 0.3) is 0 Å². The molecule has 96 valence electrons. The van der Waals surface area contributed by atoms with Gasteiger partial charge in [-0.25, -0.2) is 0 Å². The topological polar surface area (TPSA) is 30.5 Å². The lowest BCUT2D eigenvalue weighted by molar-refractivity contribution is 0.0203. The van der Waals surface area contributed by atoms with Crippen molar-refractivity contribution in [3.8, 4) is 0 Å².